The second kappa shape index (κ2) is 9.14. The Kier molecular flexibility index (Phi) is 6.62. The van der Waals surface area contributed by atoms with Crippen molar-refractivity contribution in [2.24, 2.45) is 0 Å². The van der Waals surface area contributed by atoms with E-state index < -0.39 is 5.97 Å². The molecule has 0 bridgehead atoms. The van der Waals surface area contributed by atoms with Crippen molar-refractivity contribution in [3.63, 3.8) is 0 Å². The lowest BCUT2D eigenvalue weighted by molar-refractivity contribution is -0.131. The van der Waals surface area contributed by atoms with Crippen LogP contribution in [0.3, 0.4) is 0 Å². The van der Waals surface area contributed by atoms with E-state index in [9.17, 15) is 4.79 Å². The van der Waals surface area contributed by atoms with Crippen LogP contribution in [0.5, 0.6) is 0 Å². The van der Waals surface area contributed by atoms with Gasteiger partial charge in [-0.1, -0.05) is 52.9 Å². The van der Waals surface area contributed by atoms with E-state index in [0.717, 1.165) is 43.4 Å². The predicted molar refractivity (Wildman–Crippen MR) is 112 cm³/mol. The Morgan fingerprint density at radius 1 is 1.31 bits per heavy atom. The van der Waals surface area contributed by atoms with Crippen molar-refractivity contribution in [1.29, 1.82) is 0 Å². The molecule has 2 N–H and O–H groups in total. The number of carboxylic acid groups (broad SMARTS) is 1. The Balaban J connectivity index is 1.59. The minimum absolute atomic E-state index is 0.359. The summed E-state index contributed by atoms with van der Waals surface area (Å²) in [6, 6.07) is 14.7. The number of anilines is 1. The molecule has 1 aromatic heterocycles. The number of alkyl halides is 1. The van der Waals surface area contributed by atoms with Crippen LogP contribution in [0.15, 0.2) is 54.7 Å². The fourth-order valence-corrected chi connectivity index (χ4v) is 4.04. The van der Waals surface area contributed by atoms with Crippen molar-refractivity contribution >= 4 is 40.5 Å². The van der Waals surface area contributed by atoms with E-state index in [1.807, 2.05) is 12.1 Å². The van der Waals surface area contributed by atoms with Gasteiger partial charge in [0.2, 0.25) is 0 Å². The molecule has 1 aliphatic rings. The number of hydrogen-bond acceptors (Lipinski definition) is 4. The summed E-state index contributed by atoms with van der Waals surface area (Å²) in [7, 11) is 0. The molecular weight excluding hydrogens is 441 g/mol. The number of halogens is 1. The molecule has 0 spiro atoms. The second-order valence-electron chi connectivity index (χ2n) is 6.37. The zero-order valence-electron chi connectivity index (χ0n) is 14.4. The van der Waals surface area contributed by atoms with Crippen LogP contribution < -0.4 is 5.32 Å². The van der Waals surface area contributed by atoms with Gasteiger partial charge in [-0.3, -0.25) is 4.90 Å². The average Bonchev–Trinajstić information content (AvgIpc) is 2.68. The molecule has 2 heterocycles. The Labute approximate surface area is 167 Å². The molecule has 0 amide bonds. The molecule has 6 heteroatoms. The molecule has 2 aromatic rings. The van der Waals surface area contributed by atoms with Crippen molar-refractivity contribution in [1.82, 2.24) is 9.88 Å². The first-order valence-corrected chi connectivity index (χ1v) is 9.93. The van der Waals surface area contributed by atoms with Crippen LogP contribution in [0.1, 0.15) is 28.0 Å². The standard InChI is InChI=1S/C20H22IN3O2/c21-20(16-5-2-1-3-6-16)24-12-4-7-17(14-24)23-18-10-8-15(13-22-18)9-11-19(25)26/h1-3,5-6,8-11,13,17,20H,4,7,12,14H2,(H,22,23)(H,25,26)/t17-,20?/m1/s1. The van der Waals surface area contributed by atoms with Crippen LogP contribution in [-0.2, 0) is 4.79 Å². The van der Waals surface area contributed by atoms with Gasteiger partial charge in [0.05, 0.1) is 4.05 Å². The van der Waals surface area contributed by atoms with Gasteiger partial charge < -0.3 is 10.4 Å². The van der Waals surface area contributed by atoms with Gasteiger partial charge in [-0.15, -0.1) is 0 Å². The topological polar surface area (TPSA) is 65.5 Å². The van der Waals surface area contributed by atoms with E-state index in [1.54, 1.807) is 12.3 Å². The van der Waals surface area contributed by atoms with Gasteiger partial charge in [0.1, 0.15) is 5.82 Å². The maximum atomic E-state index is 10.6. The van der Waals surface area contributed by atoms with Gasteiger partial charge in [0, 0.05) is 24.9 Å². The molecule has 5 nitrogen and oxygen atoms in total. The van der Waals surface area contributed by atoms with Crippen LogP contribution in [0, 0.1) is 0 Å². The zero-order valence-corrected chi connectivity index (χ0v) is 16.5. The summed E-state index contributed by atoms with van der Waals surface area (Å²) in [4.78, 5) is 17.5. The molecule has 2 atom stereocenters. The third-order valence-corrected chi connectivity index (χ3v) is 5.91. The van der Waals surface area contributed by atoms with E-state index >= 15 is 0 Å². The smallest absolute Gasteiger partial charge is 0.328 e. The molecule has 136 valence electrons. The number of piperidine rings is 1. The summed E-state index contributed by atoms with van der Waals surface area (Å²) < 4.78 is 0.370. The quantitative estimate of drug-likeness (QED) is 0.291. The van der Waals surface area contributed by atoms with Crippen LogP contribution in [0.4, 0.5) is 5.82 Å². The normalized spacial score (nSPS) is 19.3. The molecule has 1 fully saturated rings. The highest BCUT2D eigenvalue weighted by Gasteiger charge is 2.25. The van der Waals surface area contributed by atoms with Gasteiger partial charge in [-0.2, -0.15) is 0 Å². The van der Waals surface area contributed by atoms with Crippen LogP contribution in [-0.4, -0.2) is 40.1 Å². The molecular formula is C20H22IN3O2. The minimum Gasteiger partial charge on any atom is -0.478 e. The number of likely N-dealkylation sites (tertiary alicyclic amines) is 1. The molecule has 1 aliphatic heterocycles. The number of nitrogens with zero attached hydrogens (tertiary/aromatic N) is 2. The Bertz CT molecular complexity index is 749. The monoisotopic (exact) mass is 463 g/mol. The lowest BCUT2D eigenvalue weighted by atomic mass is 10.0. The summed E-state index contributed by atoms with van der Waals surface area (Å²) in [5.74, 6) is -0.129. The highest BCUT2D eigenvalue weighted by molar-refractivity contribution is 14.1. The number of aromatic nitrogens is 1. The first-order chi connectivity index (χ1) is 12.6. The Hall–Kier alpha value is -1.93. The lowest BCUT2D eigenvalue weighted by Crippen LogP contribution is -2.42. The number of carbonyl (C=O) groups is 1. The second-order valence-corrected chi connectivity index (χ2v) is 7.55. The summed E-state index contributed by atoms with van der Waals surface area (Å²) in [5, 5.41) is 12.2. The largest absolute Gasteiger partial charge is 0.478 e. The van der Waals surface area contributed by atoms with E-state index in [1.165, 1.54) is 5.56 Å². The number of carboxylic acids is 1. The van der Waals surface area contributed by atoms with Crippen LogP contribution >= 0.6 is 22.6 Å². The van der Waals surface area contributed by atoms with Crippen molar-refractivity contribution in [2.45, 2.75) is 22.9 Å². The van der Waals surface area contributed by atoms with E-state index in [-0.39, 0.29) is 0 Å². The van der Waals surface area contributed by atoms with Gasteiger partial charge in [-0.05, 0) is 48.7 Å². The number of benzene rings is 1. The molecule has 26 heavy (non-hydrogen) atoms. The number of nitrogens with one attached hydrogen (secondary N) is 1. The van der Waals surface area contributed by atoms with Crippen molar-refractivity contribution in [3.05, 3.63) is 65.9 Å². The highest BCUT2D eigenvalue weighted by Crippen LogP contribution is 2.30. The maximum absolute atomic E-state index is 10.6. The van der Waals surface area contributed by atoms with Gasteiger partial charge in [-0.25, -0.2) is 9.78 Å². The number of hydrogen-bond donors (Lipinski definition) is 2. The molecule has 3 rings (SSSR count). The fraction of sp³-hybridized carbons (Fsp3) is 0.300. The summed E-state index contributed by atoms with van der Waals surface area (Å²) in [6.45, 7) is 2.08. The Morgan fingerprint density at radius 3 is 2.81 bits per heavy atom. The third-order valence-electron chi connectivity index (χ3n) is 4.40. The average molecular weight is 463 g/mol. The summed E-state index contributed by atoms with van der Waals surface area (Å²) in [5.41, 5.74) is 2.11. The fourth-order valence-electron chi connectivity index (χ4n) is 3.12. The number of aliphatic carboxylic acids is 1. The molecule has 0 radical (unpaired) electrons. The van der Waals surface area contributed by atoms with E-state index in [2.05, 4.69) is 68.1 Å². The maximum Gasteiger partial charge on any atom is 0.328 e. The highest BCUT2D eigenvalue weighted by atomic mass is 127. The third kappa shape index (κ3) is 5.28. The minimum atomic E-state index is -0.957. The Morgan fingerprint density at radius 2 is 2.12 bits per heavy atom. The SMILES string of the molecule is O=C(O)C=Cc1ccc(N[C@@H]2CCCN(C(I)c3ccccc3)C2)nc1. The summed E-state index contributed by atoms with van der Waals surface area (Å²) in [6.07, 6.45) is 6.63. The summed E-state index contributed by atoms with van der Waals surface area (Å²) >= 11 is 2.51. The van der Waals surface area contributed by atoms with Gasteiger partial charge in [0.25, 0.3) is 0 Å². The first kappa shape index (κ1) is 18.8. The zero-order chi connectivity index (χ0) is 18.4. The van der Waals surface area contributed by atoms with Gasteiger partial charge >= 0.3 is 5.97 Å². The molecule has 0 aliphatic carbocycles. The van der Waals surface area contributed by atoms with Gasteiger partial charge in [0.15, 0.2) is 0 Å². The molecule has 1 unspecified atom stereocenters. The molecule has 0 saturated carbocycles. The van der Waals surface area contributed by atoms with Crippen LogP contribution in [0.25, 0.3) is 6.08 Å². The van der Waals surface area contributed by atoms with E-state index in [0.29, 0.717) is 10.1 Å². The molecule has 1 saturated heterocycles. The predicted octanol–water partition coefficient (Wildman–Crippen LogP) is 4.19. The first-order valence-electron chi connectivity index (χ1n) is 8.68. The molecule has 1 aromatic carbocycles. The van der Waals surface area contributed by atoms with Crippen molar-refractivity contribution in [2.75, 3.05) is 18.4 Å². The number of rotatable bonds is 6. The number of pyridine rings is 1. The van der Waals surface area contributed by atoms with Crippen molar-refractivity contribution in [3.8, 4) is 0 Å². The van der Waals surface area contributed by atoms with Crippen LogP contribution in [0.2, 0.25) is 0 Å². The van der Waals surface area contributed by atoms with Crippen molar-refractivity contribution < 1.29 is 9.90 Å². The lowest BCUT2D eigenvalue weighted by Gasteiger charge is -2.36. The van der Waals surface area contributed by atoms with E-state index in [4.69, 9.17) is 5.11 Å².